The number of hydrogen-bond acceptors (Lipinski definition) is 4. The zero-order valence-electron chi connectivity index (χ0n) is 8.57. The highest BCUT2D eigenvalue weighted by atomic mass is 16.4. The minimum atomic E-state index is 0.442. The van der Waals surface area contributed by atoms with Crippen LogP contribution in [0.15, 0.2) is 10.6 Å². The molecule has 1 aliphatic rings. The Morgan fingerprint density at radius 3 is 3.14 bits per heavy atom. The number of likely N-dealkylation sites (tertiary alicyclic amines) is 1. The summed E-state index contributed by atoms with van der Waals surface area (Å²) < 4.78 is 5.48. The summed E-state index contributed by atoms with van der Waals surface area (Å²) in [5.74, 6) is 2.32. The van der Waals surface area contributed by atoms with Gasteiger partial charge in [0.2, 0.25) is 0 Å². The van der Waals surface area contributed by atoms with Crippen molar-refractivity contribution >= 4 is 0 Å². The number of hydrogen-bond donors (Lipinski definition) is 1. The summed E-state index contributed by atoms with van der Waals surface area (Å²) in [5, 5.41) is 0. The van der Waals surface area contributed by atoms with Gasteiger partial charge in [0.25, 0.3) is 0 Å². The van der Waals surface area contributed by atoms with E-state index in [1.54, 1.807) is 6.20 Å². The van der Waals surface area contributed by atoms with Crippen molar-refractivity contribution in [1.82, 2.24) is 9.88 Å². The van der Waals surface area contributed by atoms with Crippen LogP contribution in [0.3, 0.4) is 0 Å². The molecule has 1 fully saturated rings. The van der Waals surface area contributed by atoms with Crippen LogP contribution in [0.4, 0.5) is 0 Å². The Morgan fingerprint density at radius 2 is 2.57 bits per heavy atom. The molecule has 14 heavy (non-hydrogen) atoms. The first-order valence-electron chi connectivity index (χ1n) is 5.10. The third-order valence-electron chi connectivity index (χ3n) is 2.75. The lowest BCUT2D eigenvalue weighted by Crippen LogP contribution is -2.15. The van der Waals surface area contributed by atoms with Gasteiger partial charge in [0.05, 0.1) is 12.7 Å². The average Bonchev–Trinajstić information content (AvgIpc) is 2.76. The molecule has 0 saturated carbocycles. The molecule has 78 valence electrons. The fraction of sp³-hybridized carbons (Fsp3) is 0.700. The largest absolute Gasteiger partial charge is 0.444 e. The molecule has 1 saturated heterocycles. The Balaban J connectivity index is 1.90. The molecule has 4 heteroatoms. The monoisotopic (exact) mass is 195 g/mol. The van der Waals surface area contributed by atoms with Crippen LogP contribution in [-0.4, -0.2) is 30.0 Å². The van der Waals surface area contributed by atoms with Gasteiger partial charge in [0.15, 0.2) is 5.89 Å². The summed E-state index contributed by atoms with van der Waals surface area (Å²) in [6, 6.07) is 0. The fourth-order valence-electron chi connectivity index (χ4n) is 1.98. The van der Waals surface area contributed by atoms with Crippen molar-refractivity contribution in [3.63, 3.8) is 0 Å². The summed E-state index contributed by atoms with van der Waals surface area (Å²) in [4.78, 5) is 6.56. The van der Waals surface area contributed by atoms with Crippen molar-refractivity contribution in [2.24, 2.45) is 11.7 Å². The lowest BCUT2D eigenvalue weighted by Gasteiger charge is -2.07. The number of rotatable bonds is 3. The van der Waals surface area contributed by atoms with Gasteiger partial charge in [-0.1, -0.05) is 0 Å². The van der Waals surface area contributed by atoms with E-state index >= 15 is 0 Å². The Bertz CT molecular complexity index is 297. The molecule has 2 heterocycles. The maximum absolute atomic E-state index is 5.48. The van der Waals surface area contributed by atoms with Gasteiger partial charge >= 0.3 is 0 Å². The van der Waals surface area contributed by atoms with Gasteiger partial charge in [-0.3, -0.25) is 0 Å². The molecule has 0 bridgehead atoms. The first kappa shape index (κ1) is 9.68. The van der Waals surface area contributed by atoms with Crippen LogP contribution >= 0.6 is 0 Å². The number of nitrogens with two attached hydrogens (primary N) is 1. The molecule has 4 nitrogen and oxygen atoms in total. The molecule has 1 unspecified atom stereocenters. The lowest BCUT2D eigenvalue weighted by atomic mass is 10.1. The normalized spacial score (nSPS) is 23.1. The molecule has 1 atom stereocenters. The van der Waals surface area contributed by atoms with Crippen LogP contribution in [0.1, 0.15) is 18.1 Å². The van der Waals surface area contributed by atoms with E-state index in [0.717, 1.165) is 24.6 Å². The van der Waals surface area contributed by atoms with Gasteiger partial charge in [-0.05, 0) is 25.9 Å². The Morgan fingerprint density at radius 1 is 1.71 bits per heavy atom. The van der Waals surface area contributed by atoms with Crippen molar-refractivity contribution in [3.05, 3.63) is 17.8 Å². The molecule has 0 amide bonds. The molecular weight excluding hydrogens is 178 g/mol. The van der Waals surface area contributed by atoms with Crippen molar-refractivity contribution in [1.29, 1.82) is 0 Å². The van der Waals surface area contributed by atoms with E-state index in [1.807, 2.05) is 0 Å². The van der Waals surface area contributed by atoms with Gasteiger partial charge in [-0.25, -0.2) is 4.98 Å². The number of aromatic nitrogens is 1. The van der Waals surface area contributed by atoms with Gasteiger partial charge in [0.1, 0.15) is 5.76 Å². The Hall–Kier alpha value is -0.870. The first-order valence-corrected chi connectivity index (χ1v) is 5.10. The van der Waals surface area contributed by atoms with E-state index in [0.29, 0.717) is 12.5 Å². The standard InChI is InChI=1S/C10H17N3O/c1-13-3-2-8(7-13)4-10-12-6-9(5-11)14-10/h6,8H,2-5,7,11H2,1H3. The highest BCUT2D eigenvalue weighted by Gasteiger charge is 2.21. The van der Waals surface area contributed by atoms with Crippen LogP contribution in [0.5, 0.6) is 0 Å². The van der Waals surface area contributed by atoms with Gasteiger partial charge in [-0.15, -0.1) is 0 Å². The van der Waals surface area contributed by atoms with E-state index in [4.69, 9.17) is 10.2 Å². The molecule has 0 radical (unpaired) electrons. The maximum atomic E-state index is 5.48. The van der Waals surface area contributed by atoms with Crippen LogP contribution < -0.4 is 5.73 Å². The minimum absolute atomic E-state index is 0.442. The smallest absolute Gasteiger partial charge is 0.194 e. The van der Waals surface area contributed by atoms with E-state index in [1.165, 1.54) is 13.0 Å². The maximum Gasteiger partial charge on any atom is 0.194 e. The predicted molar refractivity (Wildman–Crippen MR) is 53.7 cm³/mol. The van der Waals surface area contributed by atoms with E-state index in [2.05, 4.69) is 16.9 Å². The van der Waals surface area contributed by atoms with Crippen molar-refractivity contribution in [2.45, 2.75) is 19.4 Å². The van der Waals surface area contributed by atoms with Crippen molar-refractivity contribution in [2.75, 3.05) is 20.1 Å². The molecule has 1 aliphatic heterocycles. The molecular formula is C10H17N3O. The Kier molecular flexibility index (Phi) is 2.84. The van der Waals surface area contributed by atoms with E-state index in [9.17, 15) is 0 Å². The molecule has 2 N–H and O–H groups in total. The van der Waals surface area contributed by atoms with Crippen LogP contribution in [0, 0.1) is 5.92 Å². The molecule has 0 spiro atoms. The molecule has 1 aromatic rings. The summed E-state index contributed by atoms with van der Waals surface area (Å²) in [5.41, 5.74) is 5.45. The molecule has 2 rings (SSSR count). The third-order valence-corrected chi connectivity index (χ3v) is 2.75. The predicted octanol–water partition coefficient (Wildman–Crippen LogP) is 0.628. The van der Waals surface area contributed by atoms with Crippen molar-refractivity contribution < 1.29 is 4.42 Å². The molecule has 1 aromatic heterocycles. The molecule has 0 aromatic carbocycles. The zero-order chi connectivity index (χ0) is 9.97. The highest BCUT2D eigenvalue weighted by molar-refractivity contribution is 4.95. The van der Waals surface area contributed by atoms with E-state index < -0.39 is 0 Å². The number of nitrogens with zero attached hydrogens (tertiary/aromatic N) is 2. The zero-order valence-corrected chi connectivity index (χ0v) is 8.57. The second-order valence-electron chi connectivity index (χ2n) is 4.05. The summed E-state index contributed by atoms with van der Waals surface area (Å²) in [6.45, 7) is 2.78. The number of oxazole rings is 1. The second-order valence-corrected chi connectivity index (χ2v) is 4.05. The third kappa shape index (κ3) is 2.13. The minimum Gasteiger partial charge on any atom is -0.444 e. The molecule has 0 aliphatic carbocycles. The second kappa shape index (κ2) is 4.11. The average molecular weight is 195 g/mol. The topological polar surface area (TPSA) is 55.3 Å². The first-order chi connectivity index (χ1) is 6.78. The fourth-order valence-corrected chi connectivity index (χ4v) is 1.98. The van der Waals surface area contributed by atoms with Gasteiger partial charge in [-0.2, -0.15) is 0 Å². The summed E-state index contributed by atoms with van der Waals surface area (Å²) >= 11 is 0. The SMILES string of the molecule is CN1CCC(Cc2ncc(CN)o2)C1. The lowest BCUT2D eigenvalue weighted by molar-refractivity contribution is 0.374. The van der Waals surface area contributed by atoms with Crippen LogP contribution in [0.2, 0.25) is 0 Å². The summed E-state index contributed by atoms with van der Waals surface area (Å²) in [6.07, 6.45) is 3.93. The van der Waals surface area contributed by atoms with Gasteiger partial charge in [0, 0.05) is 13.0 Å². The van der Waals surface area contributed by atoms with Crippen molar-refractivity contribution in [3.8, 4) is 0 Å². The highest BCUT2D eigenvalue weighted by Crippen LogP contribution is 2.19. The summed E-state index contributed by atoms with van der Waals surface area (Å²) in [7, 11) is 2.15. The van der Waals surface area contributed by atoms with E-state index in [-0.39, 0.29) is 0 Å². The van der Waals surface area contributed by atoms with Crippen LogP contribution in [0.25, 0.3) is 0 Å². The van der Waals surface area contributed by atoms with Gasteiger partial charge < -0.3 is 15.1 Å². The quantitative estimate of drug-likeness (QED) is 0.768. The van der Waals surface area contributed by atoms with Crippen LogP contribution in [-0.2, 0) is 13.0 Å². The Labute approximate surface area is 84.1 Å².